The monoisotopic (exact) mass is 370 g/mol. The number of allylic oxidation sites excluding steroid dienone is 1. The van der Waals surface area contributed by atoms with Gasteiger partial charge in [-0.05, 0) is 31.1 Å². The number of hydrogen-bond donors (Lipinski definition) is 0. The second-order valence-electron chi connectivity index (χ2n) is 7.43. The predicted molar refractivity (Wildman–Crippen MR) is 103 cm³/mol. The summed E-state index contributed by atoms with van der Waals surface area (Å²) < 4.78 is 0. The van der Waals surface area contributed by atoms with Gasteiger partial charge >= 0.3 is 0 Å². The molecular weight excluding hydrogens is 352 g/mol. The quantitative estimate of drug-likeness (QED) is 0.759. The molecule has 0 spiro atoms. The Hall–Kier alpha value is -3.59. The number of aromatic nitrogens is 2. The number of carbonyl (C=O) groups excluding carboxylic acids is 2. The van der Waals surface area contributed by atoms with E-state index >= 15 is 0 Å². The zero-order valence-corrected chi connectivity index (χ0v) is 15.6. The number of hydrogen-bond acceptors (Lipinski definition) is 5. The zero-order valence-electron chi connectivity index (χ0n) is 15.6. The molecule has 1 aromatic carbocycles. The first kappa shape index (κ1) is 17.8. The van der Waals surface area contributed by atoms with Crippen LogP contribution in [0.15, 0.2) is 72.4 Å². The van der Waals surface area contributed by atoms with E-state index in [4.69, 9.17) is 0 Å². The van der Waals surface area contributed by atoms with Crippen LogP contribution in [0.1, 0.15) is 19.4 Å². The van der Waals surface area contributed by atoms with Gasteiger partial charge in [-0.1, -0.05) is 36.4 Å². The molecule has 0 fully saturated rings. The zero-order chi connectivity index (χ0) is 19.9. The SMILES string of the molecule is CC1(C)C(=O)C(C#N)=CC2(c3ccccc3)C(=O)N(c3cncnc3)CC=C12. The Morgan fingerprint density at radius 1 is 1.11 bits per heavy atom. The molecule has 0 N–H and O–H groups in total. The van der Waals surface area contributed by atoms with Crippen LogP contribution in [0.5, 0.6) is 0 Å². The number of rotatable bonds is 2. The summed E-state index contributed by atoms with van der Waals surface area (Å²) >= 11 is 0. The summed E-state index contributed by atoms with van der Waals surface area (Å²) in [4.78, 5) is 36.4. The van der Waals surface area contributed by atoms with Crippen molar-refractivity contribution < 1.29 is 9.59 Å². The highest BCUT2D eigenvalue weighted by atomic mass is 16.2. The minimum Gasteiger partial charge on any atom is -0.304 e. The first-order chi connectivity index (χ1) is 13.4. The van der Waals surface area contributed by atoms with E-state index in [0.717, 1.165) is 5.56 Å². The molecule has 1 amide bonds. The van der Waals surface area contributed by atoms with Gasteiger partial charge in [0.1, 0.15) is 17.8 Å². The summed E-state index contributed by atoms with van der Waals surface area (Å²) in [5.74, 6) is -0.489. The molecule has 2 aliphatic rings. The Morgan fingerprint density at radius 3 is 2.43 bits per heavy atom. The van der Waals surface area contributed by atoms with Gasteiger partial charge in [0, 0.05) is 6.54 Å². The molecule has 0 saturated carbocycles. The summed E-state index contributed by atoms with van der Waals surface area (Å²) in [6, 6.07) is 11.3. The summed E-state index contributed by atoms with van der Waals surface area (Å²) in [5, 5.41) is 9.61. The summed E-state index contributed by atoms with van der Waals surface area (Å²) in [7, 11) is 0. The van der Waals surface area contributed by atoms with Gasteiger partial charge in [0.25, 0.3) is 0 Å². The number of nitriles is 1. The van der Waals surface area contributed by atoms with Gasteiger partial charge in [0.15, 0.2) is 5.78 Å². The third-order valence-electron chi connectivity index (χ3n) is 5.54. The maximum Gasteiger partial charge on any atom is 0.246 e. The fourth-order valence-electron chi connectivity index (χ4n) is 4.18. The van der Waals surface area contributed by atoms with Crippen LogP contribution < -0.4 is 4.90 Å². The maximum atomic E-state index is 13.9. The van der Waals surface area contributed by atoms with Gasteiger partial charge in [0.2, 0.25) is 5.91 Å². The van der Waals surface area contributed by atoms with E-state index in [1.165, 1.54) is 12.4 Å². The molecule has 1 aromatic heterocycles. The predicted octanol–water partition coefficient (Wildman–Crippen LogP) is 2.75. The average Bonchev–Trinajstić information content (AvgIpc) is 2.73. The van der Waals surface area contributed by atoms with Crippen LogP contribution >= 0.6 is 0 Å². The normalized spacial score (nSPS) is 23.4. The van der Waals surface area contributed by atoms with Gasteiger partial charge in [0.05, 0.1) is 29.1 Å². The number of anilines is 1. The summed E-state index contributed by atoms with van der Waals surface area (Å²) in [5.41, 5.74) is -0.192. The highest BCUT2D eigenvalue weighted by molar-refractivity contribution is 6.15. The lowest BCUT2D eigenvalue weighted by atomic mass is 9.56. The number of carbonyl (C=O) groups is 2. The minimum absolute atomic E-state index is 0.00511. The Kier molecular flexibility index (Phi) is 3.97. The van der Waals surface area contributed by atoms with E-state index in [1.807, 2.05) is 42.5 Å². The largest absolute Gasteiger partial charge is 0.304 e. The third kappa shape index (κ3) is 2.33. The van der Waals surface area contributed by atoms with Crippen molar-refractivity contribution in [1.29, 1.82) is 5.26 Å². The molecule has 0 bridgehead atoms. The molecule has 6 heteroatoms. The van der Waals surface area contributed by atoms with Crippen LogP contribution in [0.25, 0.3) is 0 Å². The standard InChI is InChI=1S/C22H18N4O2/c1-21(2)18-8-9-26(17-12-24-14-25-13-17)20(28)22(18,10-15(11-23)19(21)27)16-6-4-3-5-7-16/h3-8,10,12-14H,9H2,1-2H3. The fourth-order valence-corrected chi connectivity index (χ4v) is 4.18. The van der Waals surface area contributed by atoms with Crippen molar-refractivity contribution in [3.8, 4) is 6.07 Å². The summed E-state index contributed by atoms with van der Waals surface area (Å²) in [6.45, 7) is 3.86. The van der Waals surface area contributed by atoms with Crippen molar-refractivity contribution >= 4 is 17.4 Å². The Balaban J connectivity index is 2.03. The smallest absolute Gasteiger partial charge is 0.246 e. The average molecular weight is 370 g/mol. The maximum absolute atomic E-state index is 13.9. The van der Waals surface area contributed by atoms with Crippen LogP contribution in [-0.4, -0.2) is 28.2 Å². The molecular formula is C22H18N4O2. The number of ketones is 1. The van der Waals surface area contributed by atoms with E-state index in [2.05, 4.69) is 9.97 Å². The topological polar surface area (TPSA) is 87.0 Å². The molecule has 0 saturated heterocycles. The first-order valence-electron chi connectivity index (χ1n) is 8.94. The number of nitrogens with zero attached hydrogens (tertiary/aromatic N) is 4. The lowest BCUT2D eigenvalue weighted by Gasteiger charge is -2.48. The Labute approximate surface area is 162 Å². The lowest BCUT2D eigenvalue weighted by molar-refractivity contribution is -0.125. The molecule has 6 nitrogen and oxygen atoms in total. The van der Waals surface area contributed by atoms with Gasteiger partial charge in [-0.15, -0.1) is 0 Å². The van der Waals surface area contributed by atoms with Gasteiger partial charge in [-0.3, -0.25) is 9.59 Å². The molecule has 1 unspecified atom stereocenters. The van der Waals surface area contributed by atoms with Crippen molar-refractivity contribution in [3.05, 3.63) is 77.9 Å². The highest BCUT2D eigenvalue weighted by Gasteiger charge is 2.57. The van der Waals surface area contributed by atoms with Crippen LogP contribution in [0.4, 0.5) is 5.69 Å². The lowest BCUT2D eigenvalue weighted by Crippen LogP contribution is -2.57. The van der Waals surface area contributed by atoms with E-state index in [-0.39, 0.29) is 17.3 Å². The molecule has 4 rings (SSSR count). The number of Topliss-reactive ketones (excluding diaryl/α,β-unsaturated/α-hetero) is 1. The van der Waals surface area contributed by atoms with Crippen LogP contribution in [0.2, 0.25) is 0 Å². The minimum atomic E-state index is -1.22. The van der Waals surface area contributed by atoms with E-state index in [1.54, 1.807) is 31.1 Å². The summed E-state index contributed by atoms with van der Waals surface area (Å²) in [6.07, 6.45) is 8.01. The molecule has 0 radical (unpaired) electrons. The van der Waals surface area contributed by atoms with E-state index in [0.29, 0.717) is 17.8 Å². The number of amides is 1. The first-order valence-corrected chi connectivity index (χ1v) is 8.94. The van der Waals surface area contributed by atoms with E-state index in [9.17, 15) is 14.9 Å². The van der Waals surface area contributed by atoms with Crippen molar-refractivity contribution in [2.24, 2.45) is 5.41 Å². The molecule has 2 aromatic rings. The molecule has 1 aliphatic carbocycles. The van der Waals surface area contributed by atoms with Crippen LogP contribution in [-0.2, 0) is 15.0 Å². The molecule has 1 aliphatic heterocycles. The van der Waals surface area contributed by atoms with Crippen molar-refractivity contribution in [2.75, 3.05) is 11.4 Å². The molecule has 138 valence electrons. The second kappa shape index (κ2) is 6.24. The van der Waals surface area contributed by atoms with Gasteiger partial charge < -0.3 is 4.90 Å². The Morgan fingerprint density at radius 2 is 1.79 bits per heavy atom. The molecule has 2 heterocycles. The van der Waals surface area contributed by atoms with Gasteiger partial charge in [-0.25, -0.2) is 9.97 Å². The van der Waals surface area contributed by atoms with E-state index < -0.39 is 10.8 Å². The highest BCUT2D eigenvalue weighted by Crippen LogP contribution is 2.52. The van der Waals surface area contributed by atoms with Crippen LogP contribution in [0, 0.1) is 16.7 Å². The molecule has 1 atom stereocenters. The number of fused-ring (bicyclic) bond motifs is 1. The fraction of sp³-hybridized carbons (Fsp3) is 0.227. The Bertz CT molecular complexity index is 1060. The van der Waals surface area contributed by atoms with Crippen molar-refractivity contribution in [2.45, 2.75) is 19.3 Å². The molecule has 28 heavy (non-hydrogen) atoms. The van der Waals surface area contributed by atoms with Crippen molar-refractivity contribution in [1.82, 2.24) is 9.97 Å². The second-order valence-corrected chi connectivity index (χ2v) is 7.43. The third-order valence-corrected chi connectivity index (χ3v) is 5.54. The number of benzene rings is 1. The van der Waals surface area contributed by atoms with Crippen LogP contribution in [0.3, 0.4) is 0 Å². The van der Waals surface area contributed by atoms with Crippen molar-refractivity contribution in [3.63, 3.8) is 0 Å². The van der Waals surface area contributed by atoms with Gasteiger partial charge in [-0.2, -0.15) is 5.26 Å².